The predicted molar refractivity (Wildman–Crippen MR) is 71.9 cm³/mol. The summed E-state index contributed by atoms with van der Waals surface area (Å²) in [5.74, 6) is 1.33. The first-order chi connectivity index (χ1) is 8.70. The van der Waals surface area contributed by atoms with E-state index in [1.165, 1.54) is 19.3 Å². The van der Waals surface area contributed by atoms with Gasteiger partial charge in [-0.25, -0.2) is 4.98 Å². The van der Waals surface area contributed by atoms with Crippen LogP contribution in [0.25, 0.3) is 0 Å². The van der Waals surface area contributed by atoms with Crippen molar-refractivity contribution in [1.82, 2.24) is 4.98 Å². The number of amidine groups is 1. The number of aromatic nitrogens is 1. The average molecular weight is 247 g/mol. The van der Waals surface area contributed by atoms with E-state index in [-0.39, 0.29) is 5.84 Å². The van der Waals surface area contributed by atoms with Gasteiger partial charge in [0.2, 0.25) is 5.88 Å². The van der Waals surface area contributed by atoms with Crippen LogP contribution in [0.3, 0.4) is 0 Å². The highest BCUT2D eigenvalue weighted by Crippen LogP contribution is 2.29. The Hall–Kier alpha value is -1.58. The van der Waals surface area contributed by atoms with Crippen molar-refractivity contribution in [2.24, 2.45) is 11.7 Å². The third-order valence-electron chi connectivity index (χ3n) is 3.68. The number of pyridine rings is 1. The van der Waals surface area contributed by atoms with Gasteiger partial charge in [0.1, 0.15) is 11.9 Å². The van der Waals surface area contributed by atoms with Crippen LogP contribution < -0.4 is 10.5 Å². The molecule has 1 heterocycles. The quantitative estimate of drug-likeness (QED) is 0.634. The lowest BCUT2D eigenvalue weighted by molar-refractivity contribution is 0.0858. The zero-order chi connectivity index (χ0) is 13.0. The molecule has 1 fully saturated rings. The Kier molecular flexibility index (Phi) is 4.18. The van der Waals surface area contributed by atoms with Crippen molar-refractivity contribution < 1.29 is 4.74 Å². The number of hydrogen-bond acceptors (Lipinski definition) is 3. The molecule has 1 saturated carbocycles. The van der Waals surface area contributed by atoms with Gasteiger partial charge in [0.05, 0.1) is 0 Å². The van der Waals surface area contributed by atoms with Crippen LogP contribution in [0.2, 0.25) is 0 Å². The van der Waals surface area contributed by atoms with E-state index in [4.69, 9.17) is 15.9 Å². The van der Waals surface area contributed by atoms with Crippen molar-refractivity contribution in [1.29, 1.82) is 5.41 Å². The van der Waals surface area contributed by atoms with Crippen LogP contribution in [0.4, 0.5) is 0 Å². The Labute approximate surface area is 108 Å². The van der Waals surface area contributed by atoms with Crippen molar-refractivity contribution in [2.45, 2.75) is 45.1 Å². The summed E-state index contributed by atoms with van der Waals surface area (Å²) in [5.41, 5.74) is 6.03. The highest BCUT2D eigenvalue weighted by Gasteiger charge is 2.25. The SMILES string of the molecule is CCC1CCCCC1Oc1ccc(C(=N)N)cn1. The van der Waals surface area contributed by atoms with Gasteiger partial charge in [-0.2, -0.15) is 0 Å². The molecular formula is C14H21N3O. The van der Waals surface area contributed by atoms with Crippen molar-refractivity contribution in [3.05, 3.63) is 23.9 Å². The molecule has 2 rings (SSSR count). The summed E-state index contributed by atoms with van der Waals surface area (Å²) in [4.78, 5) is 4.22. The third kappa shape index (κ3) is 3.00. The summed E-state index contributed by atoms with van der Waals surface area (Å²) in [5, 5.41) is 7.32. The van der Waals surface area contributed by atoms with E-state index < -0.39 is 0 Å². The fourth-order valence-electron chi connectivity index (χ4n) is 2.56. The van der Waals surface area contributed by atoms with Gasteiger partial charge in [0.15, 0.2) is 0 Å². The molecule has 1 aromatic heterocycles. The van der Waals surface area contributed by atoms with E-state index in [0.717, 1.165) is 12.8 Å². The monoisotopic (exact) mass is 247 g/mol. The maximum Gasteiger partial charge on any atom is 0.213 e. The second kappa shape index (κ2) is 5.85. The van der Waals surface area contributed by atoms with Gasteiger partial charge in [0, 0.05) is 17.8 Å². The smallest absolute Gasteiger partial charge is 0.213 e. The zero-order valence-corrected chi connectivity index (χ0v) is 10.9. The number of nitrogen functional groups attached to an aromatic ring is 1. The first-order valence-electron chi connectivity index (χ1n) is 6.67. The Morgan fingerprint density at radius 3 is 2.83 bits per heavy atom. The van der Waals surface area contributed by atoms with E-state index in [1.807, 2.05) is 0 Å². The Bertz CT molecular complexity index is 402. The number of hydrogen-bond donors (Lipinski definition) is 2. The summed E-state index contributed by atoms with van der Waals surface area (Å²) >= 11 is 0. The molecule has 98 valence electrons. The molecule has 0 aromatic carbocycles. The molecule has 0 amide bonds. The first kappa shape index (κ1) is 12.9. The molecule has 1 aliphatic carbocycles. The van der Waals surface area contributed by atoms with Crippen molar-refractivity contribution in [3.63, 3.8) is 0 Å². The molecule has 18 heavy (non-hydrogen) atoms. The second-order valence-electron chi connectivity index (χ2n) is 4.91. The van der Waals surface area contributed by atoms with Crippen LogP contribution in [0.5, 0.6) is 5.88 Å². The molecule has 0 spiro atoms. The zero-order valence-electron chi connectivity index (χ0n) is 10.9. The largest absolute Gasteiger partial charge is 0.474 e. The molecule has 1 aromatic rings. The fourth-order valence-corrected chi connectivity index (χ4v) is 2.56. The molecule has 0 radical (unpaired) electrons. The van der Waals surface area contributed by atoms with Crippen LogP contribution in [0, 0.1) is 11.3 Å². The molecule has 3 N–H and O–H groups in total. The molecule has 0 bridgehead atoms. The van der Waals surface area contributed by atoms with Gasteiger partial charge in [0.25, 0.3) is 0 Å². The molecule has 4 nitrogen and oxygen atoms in total. The topological polar surface area (TPSA) is 72.0 Å². The van der Waals surface area contributed by atoms with Gasteiger partial charge >= 0.3 is 0 Å². The molecule has 0 saturated heterocycles. The molecule has 4 heteroatoms. The lowest BCUT2D eigenvalue weighted by Crippen LogP contribution is -2.30. The summed E-state index contributed by atoms with van der Waals surface area (Å²) < 4.78 is 5.97. The third-order valence-corrected chi connectivity index (χ3v) is 3.68. The van der Waals surface area contributed by atoms with Crippen molar-refractivity contribution >= 4 is 5.84 Å². The molecule has 1 aliphatic rings. The van der Waals surface area contributed by atoms with Gasteiger partial charge < -0.3 is 10.5 Å². The van der Waals surface area contributed by atoms with Gasteiger partial charge in [-0.05, 0) is 37.7 Å². The summed E-state index contributed by atoms with van der Waals surface area (Å²) in [6, 6.07) is 3.59. The first-order valence-corrected chi connectivity index (χ1v) is 6.67. The van der Waals surface area contributed by atoms with Crippen molar-refractivity contribution in [3.8, 4) is 5.88 Å². The number of rotatable bonds is 4. The van der Waals surface area contributed by atoms with E-state index in [9.17, 15) is 0 Å². The standard InChI is InChI=1S/C14H21N3O/c1-2-10-5-3-4-6-12(10)18-13-8-7-11(9-17-13)14(15)16/h7-10,12H,2-6H2,1H3,(H3,15,16). The van der Waals surface area contributed by atoms with E-state index >= 15 is 0 Å². The lowest BCUT2D eigenvalue weighted by atomic mass is 9.85. The van der Waals surface area contributed by atoms with Crippen LogP contribution in [-0.2, 0) is 0 Å². The molecular weight excluding hydrogens is 226 g/mol. The maximum absolute atomic E-state index is 7.32. The Morgan fingerprint density at radius 1 is 1.44 bits per heavy atom. The summed E-state index contributed by atoms with van der Waals surface area (Å²) in [6.45, 7) is 2.22. The van der Waals surface area contributed by atoms with Crippen LogP contribution >= 0.6 is 0 Å². The normalized spacial score (nSPS) is 23.6. The van der Waals surface area contributed by atoms with E-state index in [1.54, 1.807) is 18.3 Å². The minimum atomic E-state index is 0.0400. The highest BCUT2D eigenvalue weighted by atomic mass is 16.5. The second-order valence-corrected chi connectivity index (χ2v) is 4.91. The highest BCUT2D eigenvalue weighted by molar-refractivity contribution is 5.94. The minimum absolute atomic E-state index is 0.0400. The Morgan fingerprint density at radius 2 is 2.22 bits per heavy atom. The minimum Gasteiger partial charge on any atom is -0.474 e. The number of nitrogens with zero attached hydrogens (tertiary/aromatic N) is 1. The van der Waals surface area contributed by atoms with Gasteiger partial charge in [-0.1, -0.05) is 13.3 Å². The Balaban J connectivity index is 2.01. The summed E-state index contributed by atoms with van der Waals surface area (Å²) in [7, 11) is 0. The van der Waals surface area contributed by atoms with E-state index in [2.05, 4.69) is 11.9 Å². The predicted octanol–water partition coefficient (Wildman–Crippen LogP) is 2.71. The lowest BCUT2D eigenvalue weighted by Gasteiger charge is -2.30. The van der Waals surface area contributed by atoms with E-state index in [0.29, 0.717) is 23.5 Å². The van der Waals surface area contributed by atoms with Crippen LogP contribution in [0.15, 0.2) is 18.3 Å². The fraction of sp³-hybridized carbons (Fsp3) is 0.571. The molecule has 2 unspecified atom stereocenters. The van der Waals surface area contributed by atoms with Crippen LogP contribution in [-0.4, -0.2) is 16.9 Å². The maximum atomic E-state index is 7.32. The number of nitrogens with one attached hydrogen (secondary N) is 1. The van der Waals surface area contributed by atoms with Gasteiger partial charge in [-0.3, -0.25) is 5.41 Å². The number of ether oxygens (including phenoxy) is 1. The average Bonchev–Trinajstić information content (AvgIpc) is 2.40. The molecule has 2 atom stereocenters. The van der Waals surface area contributed by atoms with Crippen LogP contribution in [0.1, 0.15) is 44.6 Å². The summed E-state index contributed by atoms with van der Waals surface area (Å²) in [6.07, 6.45) is 7.99. The van der Waals surface area contributed by atoms with Crippen molar-refractivity contribution in [2.75, 3.05) is 0 Å². The number of nitrogens with two attached hydrogens (primary N) is 1. The molecule has 0 aliphatic heterocycles. The van der Waals surface area contributed by atoms with Gasteiger partial charge in [-0.15, -0.1) is 0 Å².